The van der Waals surface area contributed by atoms with Gasteiger partial charge in [0.15, 0.2) is 5.82 Å². The van der Waals surface area contributed by atoms with Gasteiger partial charge in [-0.3, -0.25) is 10.1 Å². The van der Waals surface area contributed by atoms with E-state index >= 15 is 0 Å². The van der Waals surface area contributed by atoms with Gasteiger partial charge >= 0.3 is 0 Å². The maximum Gasteiger partial charge on any atom is 0.153 e. The number of aromatic nitrogens is 3. The van der Waals surface area contributed by atoms with Crippen molar-refractivity contribution in [2.24, 2.45) is 16.8 Å². The molecule has 4 rings (SSSR count). The largest absolute Gasteiger partial charge is 0.366 e. The van der Waals surface area contributed by atoms with Crippen LogP contribution in [0.3, 0.4) is 0 Å². The Bertz CT molecular complexity index is 958. The Morgan fingerprint density at radius 1 is 1.38 bits per heavy atom. The van der Waals surface area contributed by atoms with Gasteiger partial charge in [0.25, 0.3) is 0 Å². The molecule has 8 nitrogen and oxygen atoms in total. The molecule has 3 heterocycles. The molecule has 1 unspecified atom stereocenters. The highest BCUT2D eigenvalue weighted by Gasteiger charge is 2.55. The molecule has 1 aliphatic heterocycles. The Kier molecular flexibility index (Phi) is 5.32. The Labute approximate surface area is 170 Å². The minimum absolute atomic E-state index is 0.408. The summed E-state index contributed by atoms with van der Waals surface area (Å²) >= 11 is 0. The number of nitrogens with one attached hydrogen (secondary N) is 3. The summed E-state index contributed by atoms with van der Waals surface area (Å²) in [7, 11) is 0. The molecular weight excluding hydrogens is 364 g/mol. The van der Waals surface area contributed by atoms with Crippen molar-refractivity contribution in [2.45, 2.75) is 26.3 Å². The highest BCUT2D eigenvalue weighted by molar-refractivity contribution is 5.78. The van der Waals surface area contributed by atoms with Crippen molar-refractivity contribution in [1.29, 1.82) is 5.26 Å². The van der Waals surface area contributed by atoms with Crippen LogP contribution in [0, 0.1) is 30.1 Å². The molecule has 0 bridgehead atoms. The van der Waals surface area contributed by atoms with E-state index in [9.17, 15) is 0 Å². The summed E-state index contributed by atoms with van der Waals surface area (Å²) in [5, 5.41) is 22.8. The van der Waals surface area contributed by atoms with Gasteiger partial charge in [-0.25, -0.2) is 4.98 Å². The van der Waals surface area contributed by atoms with Crippen LogP contribution in [-0.2, 0) is 0 Å². The number of fused-ring (bicyclic) bond motifs is 1. The third-order valence-electron chi connectivity index (χ3n) is 5.62. The van der Waals surface area contributed by atoms with Crippen LogP contribution >= 0.6 is 0 Å². The molecule has 8 heteroatoms. The van der Waals surface area contributed by atoms with E-state index in [1.54, 1.807) is 0 Å². The number of hydrogen-bond donors (Lipinski definition) is 3. The number of nitriles is 1. The first kappa shape index (κ1) is 19.2. The summed E-state index contributed by atoms with van der Waals surface area (Å²) in [6.45, 7) is 10.6. The van der Waals surface area contributed by atoms with Gasteiger partial charge in [0, 0.05) is 55.5 Å². The molecule has 29 heavy (non-hydrogen) atoms. The number of aliphatic imine (C=N–C) groups is 1. The van der Waals surface area contributed by atoms with Crippen molar-refractivity contribution in [3.63, 3.8) is 0 Å². The third kappa shape index (κ3) is 4.00. The zero-order valence-electron chi connectivity index (χ0n) is 16.8. The third-order valence-corrected chi connectivity index (χ3v) is 5.62. The smallest absolute Gasteiger partial charge is 0.153 e. The average Bonchev–Trinajstić information content (AvgIpc) is 3.04. The maximum atomic E-state index is 8.78. The Morgan fingerprint density at radius 3 is 2.79 bits per heavy atom. The number of anilines is 3. The number of likely N-dealkylation sites (tertiary alicyclic amines) is 1. The summed E-state index contributed by atoms with van der Waals surface area (Å²) in [5.74, 6) is 3.42. The zero-order valence-corrected chi connectivity index (χ0v) is 16.8. The molecule has 2 aliphatic rings. The molecule has 2 aromatic rings. The molecule has 0 aromatic carbocycles. The summed E-state index contributed by atoms with van der Waals surface area (Å²) in [6, 6.07) is 6.45. The second-order valence-corrected chi connectivity index (χ2v) is 7.67. The van der Waals surface area contributed by atoms with Crippen molar-refractivity contribution in [3.05, 3.63) is 29.5 Å². The molecule has 1 saturated heterocycles. The Hall–Kier alpha value is -3.18. The highest BCUT2D eigenvalue weighted by Crippen LogP contribution is 2.48. The first-order valence-electron chi connectivity index (χ1n) is 9.92. The minimum atomic E-state index is 0.408. The molecule has 2 fully saturated rings. The van der Waals surface area contributed by atoms with E-state index in [1.807, 2.05) is 38.1 Å². The number of piperidine rings is 1. The molecule has 0 spiro atoms. The van der Waals surface area contributed by atoms with Crippen LogP contribution in [0.4, 0.5) is 23.1 Å². The fraction of sp³-hybridized carbons (Fsp3) is 0.429. The van der Waals surface area contributed by atoms with Gasteiger partial charge < -0.3 is 15.5 Å². The van der Waals surface area contributed by atoms with Crippen LogP contribution in [0.2, 0.25) is 0 Å². The van der Waals surface area contributed by atoms with Crippen molar-refractivity contribution < 1.29 is 0 Å². The van der Waals surface area contributed by atoms with Gasteiger partial charge in [-0.15, -0.1) is 0 Å². The molecule has 0 amide bonds. The van der Waals surface area contributed by atoms with Crippen LogP contribution < -0.4 is 10.6 Å². The van der Waals surface area contributed by atoms with E-state index in [0.717, 1.165) is 42.4 Å². The fourth-order valence-electron chi connectivity index (χ4n) is 4.17. The molecule has 150 valence electrons. The zero-order chi connectivity index (χ0) is 20.4. The lowest BCUT2D eigenvalue weighted by Crippen LogP contribution is -2.29. The lowest BCUT2D eigenvalue weighted by atomic mass is 10.2. The summed E-state index contributed by atoms with van der Waals surface area (Å²) in [4.78, 5) is 11.4. The molecule has 3 N–H and O–H groups in total. The monoisotopic (exact) mass is 390 g/mol. The van der Waals surface area contributed by atoms with Gasteiger partial charge in [-0.05, 0) is 32.4 Å². The average molecular weight is 390 g/mol. The van der Waals surface area contributed by atoms with Gasteiger partial charge in [0.05, 0.1) is 11.8 Å². The predicted molar refractivity (Wildman–Crippen MR) is 116 cm³/mol. The first-order chi connectivity index (χ1) is 14.1. The second-order valence-electron chi connectivity index (χ2n) is 7.67. The summed E-state index contributed by atoms with van der Waals surface area (Å²) < 4.78 is 0. The molecule has 0 radical (unpaired) electrons. The lowest BCUT2D eigenvalue weighted by Gasteiger charge is -2.19. The number of pyridine rings is 1. The molecule has 3 atom stereocenters. The number of nitrogens with zero attached hydrogens (tertiary/aromatic N) is 5. The molecular formula is C21H26N8. The SMILES string of the molecule is C=Nc1cc(Nc2cc(C)[nH]n2)nc(NC2[C@H]3CN(CCC#N)C[C@@H]23)c1/C=C\C. The summed E-state index contributed by atoms with van der Waals surface area (Å²) in [5.41, 5.74) is 2.69. The van der Waals surface area contributed by atoms with Crippen LogP contribution in [0.5, 0.6) is 0 Å². The van der Waals surface area contributed by atoms with E-state index in [2.05, 4.69) is 43.5 Å². The molecule has 2 aromatic heterocycles. The van der Waals surface area contributed by atoms with Crippen molar-refractivity contribution >= 4 is 35.9 Å². The number of allylic oxidation sites excluding steroid dienone is 1. The quantitative estimate of drug-likeness (QED) is 0.596. The normalized spacial score (nSPS) is 23.0. The molecule has 1 saturated carbocycles. The van der Waals surface area contributed by atoms with E-state index in [4.69, 9.17) is 10.2 Å². The van der Waals surface area contributed by atoms with Crippen molar-refractivity contribution in [3.8, 4) is 6.07 Å². The molecule has 1 aliphatic carbocycles. The Balaban J connectivity index is 1.53. The Morgan fingerprint density at radius 2 is 2.17 bits per heavy atom. The first-order valence-corrected chi connectivity index (χ1v) is 9.92. The van der Waals surface area contributed by atoms with Crippen molar-refractivity contribution in [1.82, 2.24) is 20.1 Å². The minimum Gasteiger partial charge on any atom is -0.366 e. The maximum absolute atomic E-state index is 8.78. The van der Waals surface area contributed by atoms with Crippen LogP contribution in [0.15, 0.2) is 23.2 Å². The van der Waals surface area contributed by atoms with Gasteiger partial charge in [0.2, 0.25) is 0 Å². The number of aromatic amines is 1. The highest BCUT2D eigenvalue weighted by atomic mass is 15.2. The van der Waals surface area contributed by atoms with Gasteiger partial charge in [-0.2, -0.15) is 10.4 Å². The number of aryl methyl sites for hydroxylation is 1. The van der Waals surface area contributed by atoms with Crippen LogP contribution in [0.1, 0.15) is 24.6 Å². The summed E-state index contributed by atoms with van der Waals surface area (Å²) in [6.07, 6.45) is 4.59. The van der Waals surface area contributed by atoms with Crippen LogP contribution in [0.25, 0.3) is 6.08 Å². The second kappa shape index (κ2) is 8.05. The fourth-order valence-corrected chi connectivity index (χ4v) is 4.17. The van der Waals surface area contributed by atoms with Crippen molar-refractivity contribution in [2.75, 3.05) is 30.3 Å². The van der Waals surface area contributed by atoms with E-state index < -0.39 is 0 Å². The number of H-pyrrole nitrogens is 1. The standard InChI is InChI=1S/C21H26N8/c1-4-6-14-17(23-3)10-18(24-19-9-13(2)27-28-19)25-21(14)26-20-15-11-29(8-5-7-22)12-16(15)20/h4,6,9-10,15-16,20H,3,5,8,11-12H2,1-2H3,(H3,24,25,26,27,28)/b6-4-/t15-,16+,20?. The predicted octanol–water partition coefficient (Wildman–Crippen LogP) is 3.48. The van der Waals surface area contributed by atoms with E-state index in [1.165, 1.54) is 0 Å². The van der Waals surface area contributed by atoms with E-state index in [0.29, 0.717) is 35.9 Å². The van der Waals surface area contributed by atoms with Gasteiger partial charge in [0.1, 0.15) is 11.6 Å². The van der Waals surface area contributed by atoms with Crippen LogP contribution in [-0.4, -0.2) is 52.5 Å². The number of hydrogen-bond acceptors (Lipinski definition) is 7. The topological polar surface area (TPSA) is 105 Å². The van der Waals surface area contributed by atoms with E-state index in [-0.39, 0.29) is 0 Å². The lowest BCUT2D eigenvalue weighted by molar-refractivity contribution is 0.307. The number of rotatable bonds is 8. The van der Waals surface area contributed by atoms with Gasteiger partial charge in [-0.1, -0.05) is 12.2 Å².